The number of ether oxygens (including phenoxy) is 2. The first kappa shape index (κ1) is 23.0. The van der Waals surface area contributed by atoms with Crippen LogP contribution in [-0.2, 0) is 14.3 Å². The number of nitrogens with one attached hydrogen (secondary N) is 2. The molecule has 1 atom stereocenters. The highest BCUT2D eigenvalue weighted by atomic mass is 16.5. The van der Waals surface area contributed by atoms with E-state index in [4.69, 9.17) is 9.47 Å². The molecule has 1 saturated heterocycles. The van der Waals surface area contributed by atoms with Crippen LogP contribution >= 0.6 is 0 Å². The molecule has 35 heavy (non-hydrogen) atoms. The zero-order valence-electron chi connectivity index (χ0n) is 19.7. The molecule has 0 saturated carbocycles. The van der Waals surface area contributed by atoms with Gasteiger partial charge in [-0.1, -0.05) is 0 Å². The van der Waals surface area contributed by atoms with Gasteiger partial charge in [-0.3, -0.25) is 14.6 Å². The van der Waals surface area contributed by atoms with Crippen LogP contribution in [0.1, 0.15) is 24.3 Å². The third kappa shape index (κ3) is 5.04. The van der Waals surface area contributed by atoms with Crippen molar-refractivity contribution in [2.75, 3.05) is 68.6 Å². The lowest BCUT2D eigenvalue weighted by molar-refractivity contribution is -0.130. The Kier molecular flexibility index (Phi) is 6.75. The summed E-state index contributed by atoms with van der Waals surface area (Å²) in [6.45, 7) is 4.28. The van der Waals surface area contributed by atoms with Crippen molar-refractivity contribution in [3.8, 4) is 5.75 Å². The van der Waals surface area contributed by atoms with Gasteiger partial charge < -0.3 is 29.9 Å². The second-order valence-corrected chi connectivity index (χ2v) is 8.68. The van der Waals surface area contributed by atoms with E-state index in [0.29, 0.717) is 74.4 Å². The number of fused-ring (bicyclic) bond motifs is 2. The molecule has 0 aliphatic carbocycles. The number of anilines is 3. The number of nitrogens with zero attached hydrogens (tertiary/aromatic N) is 5. The zero-order valence-corrected chi connectivity index (χ0v) is 19.7. The first-order valence-corrected chi connectivity index (χ1v) is 11.9. The summed E-state index contributed by atoms with van der Waals surface area (Å²) < 4.78 is 11.6. The summed E-state index contributed by atoms with van der Waals surface area (Å²) in [4.78, 5) is 42.4. The van der Waals surface area contributed by atoms with Crippen LogP contribution in [0.25, 0.3) is 0 Å². The maximum Gasteiger partial charge on any atom is 0.238 e. The highest BCUT2D eigenvalue weighted by molar-refractivity contribution is 6.13. The van der Waals surface area contributed by atoms with E-state index >= 15 is 0 Å². The fourth-order valence-electron chi connectivity index (χ4n) is 4.39. The van der Waals surface area contributed by atoms with Gasteiger partial charge in [0.2, 0.25) is 11.8 Å². The zero-order chi connectivity index (χ0) is 24.2. The lowest BCUT2D eigenvalue weighted by Crippen LogP contribution is -2.36. The van der Waals surface area contributed by atoms with E-state index in [1.807, 2.05) is 18.2 Å². The fourth-order valence-corrected chi connectivity index (χ4v) is 4.39. The Morgan fingerprint density at radius 1 is 1.06 bits per heavy atom. The first-order valence-electron chi connectivity index (χ1n) is 11.9. The van der Waals surface area contributed by atoms with Gasteiger partial charge in [-0.05, 0) is 18.6 Å². The third-order valence-electron chi connectivity index (χ3n) is 6.34. The number of benzene rings is 1. The quantitative estimate of drug-likeness (QED) is 0.635. The molecule has 0 radical (unpaired) electrons. The minimum absolute atomic E-state index is 0.0489. The molecule has 4 heterocycles. The van der Waals surface area contributed by atoms with Gasteiger partial charge in [0.05, 0.1) is 36.8 Å². The molecule has 2 bridgehead atoms. The molecular weight excluding hydrogens is 450 g/mol. The number of carbonyl (C=O) groups excluding carboxylic acids is 2. The van der Waals surface area contributed by atoms with Crippen molar-refractivity contribution in [2.45, 2.75) is 18.8 Å². The van der Waals surface area contributed by atoms with Crippen molar-refractivity contribution in [1.29, 1.82) is 0 Å². The van der Waals surface area contributed by atoms with Gasteiger partial charge in [0.1, 0.15) is 29.6 Å². The van der Waals surface area contributed by atoms with Crippen LogP contribution in [0.2, 0.25) is 0 Å². The average molecular weight is 480 g/mol. The molecule has 1 unspecified atom stereocenters. The molecule has 1 aromatic heterocycles. The maximum absolute atomic E-state index is 12.7. The smallest absolute Gasteiger partial charge is 0.238 e. The normalized spacial score (nSPS) is 21.0. The molecule has 184 valence electrons. The summed E-state index contributed by atoms with van der Waals surface area (Å²) in [5.74, 6) is 0.937. The molecule has 5 rings (SSSR count). The van der Waals surface area contributed by atoms with Crippen molar-refractivity contribution in [3.63, 3.8) is 0 Å². The number of hydrogen-bond donors (Lipinski definition) is 2. The van der Waals surface area contributed by atoms with Crippen molar-refractivity contribution < 1.29 is 19.1 Å². The van der Waals surface area contributed by atoms with Crippen LogP contribution in [0.4, 0.5) is 23.0 Å². The number of carbonyl (C=O) groups is 2. The van der Waals surface area contributed by atoms with Crippen molar-refractivity contribution in [1.82, 2.24) is 14.9 Å². The van der Waals surface area contributed by atoms with Crippen LogP contribution in [0.5, 0.6) is 5.75 Å². The van der Waals surface area contributed by atoms with Gasteiger partial charge in [-0.2, -0.15) is 0 Å². The summed E-state index contributed by atoms with van der Waals surface area (Å²) >= 11 is 0. The second kappa shape index (κ2) is 10.3. The lowest BCUT2D eigenvalue weighted by atomic mass is 10.0. The number of likely N-dealkylation sites (N-methyl/N-ethyl adjacent to an activating group) is 1. The summed E-state index contributed by atoms with van der Waals surface area (Å²) in [7, 11) is 1.78. The van der Waals surface area contributed by atoms with E-state index in [0.717, 1.165) is 18.8 Å². The van der Waals surface area contributed by atoms with Crippen LogP contribution in [0, 0.1) is 0 Å². The van der Waals surface area contributed by atoms with E-state index in [9.17, 15) is 9.59 Å². The standard InChI is InChI=1S/C24H29N7O4/c1-30-7-6-25-22-21-17(24(33)29-23(21)28-15-27-22)14-26-16-4-5-18(31-8-11-34-12-9-31)19(13-16)35-10-2-3-20(30)32/h4-5,13-15,17H,2-3,6-12H2,1H3,(H2,25,27,28,29,33). The number of morpholine rings is 1. The predicted molar refractivity (Wildman–Crippen MR) is 132 cm³/mol. The van der Waals surface area contributed by atoms with Crippen molar-refractivity contribution >= 4 is 41.0 Å². The molecule has 11 nitrogen and oxygen atoms in total. The molecule has 11 heteroatoms. The fraction of sp³-hybridized carbons (Fsp3) is 0.458. The Hall–Kier alpha value is -3.73. The largest absolute Gasteiger partial charge is 0.491 e. The molecule has 2 aromatic rings. The highest BCUT2D eigenvalue weighted by Crippen LogP contribution is 2.36. The molecule has 3 aliphatic rings. The van der Waals surface area contributed by atoms with Crippen molar-refractivity contribution in [2.24, 2.45) is 4.99 Å². The predicted octanol–water partition coefficient (Wildman–Crippen LogP) is 1.79. The summed E-state index contributed by atoms with van der Waals surface area (Å²) in [5, 5.41) is 6.06. The SMILES string of the molecule is CN1CCNc2ncnc3c2C(C=Nc2ccc(N4CCOCC4)c(c2)OCCCC1=O)C(=O)N3. The number of aromatic nitrogens is 2. The molecule has 1 fully saturated rings. The maximum atomic E-state index is 12.7. The van der Waals surface area contributed by atoms with Crippen molar-refractivity contribution in [3.05, 3.63) is 30.1 Å². The van der Waals surface area contributed by atoms with Gasteiger partial charge in [0.15, 0.2) is 0 Å². The van der Waals surface area contributed by atoms with E-state index in [1.165, 1.54) is 6.33 Å². The van der Waals surface area contributed by atoms with E-state index in [2.05, 4.69) is 30.5 Å². The van der Waals surface area contributed by atoms with Gasteiger partial charge in [-0.15, -0.1) is 0 Å². The Balaban J connectivity index is 1.49. The van der Waals surface area contributed by atoms with E-state index in [-0.39, 0.29) is 11.8 Å². The number of amides is 2. The van der Waals surface area contributed by atoms with Gasteiger partial charge in [-0.25, -0.2) is 9.97 Å². The van der Waals surface area contributed by atoms with Crippen LogP contribution in [0.15, 0.2) is 29.5 Å². The Morgan fingerprint density at radius 3 is 2.74 bits per heavy atom. The van der Waals surface area contributed by atoms with E-state index < -0.39 is 5.92 Å². The third-order valence-corrected chi connectivity index (χ3v) is 6.34. The Bertz CT molecular complexity index is 1130. The lowest BCUT2D eigenvalue weighted by Gasteiger charge is -2.30. The second-order valence-electron chi connectivity index (χ2n) is 8.68. The molecule has 1 aromatic carbocycles. The average Bonchev–Trinajstić information content (AvgIpc) is 3.20. The van der Waals surface area contributed by atoms with Crippen LogP contribution < -0.4 is 20.3 Å². The van der Waals surface area contributed by atoms with Gasteiger partial charge in [0, 0.05) is 51.9 Å². The monoisotopic (exact) mass is 479 g/mol. The molecule has 3 aliphatic heterocycles. The minimum Gasteiger partial charge on any atom is -0.491 e. The summed E-state index contributed by atoms with van der Waals surface area (Å²) in [5.41, 5.74) is 2.29. The Morgan fingerprint density at radius 2 is 1.89 bits per heavy atom. The number of aliphatic imine (C=N–C) groups is 1. The van der Waals surface area contributed by atoms with Crippen LogP contribution in [-0.4, -0.2) is 85.9 Å². The number of rotatable bonds is 1. The topological polar surface area (TPSA) is 121 Å². The molecule has 0 spiro atoms. The first-order chi connectivity index (χ1) is 17.1. The van der Waals surface area contributed by atoms with Gasteiger partial charge >= 0.3 is 0 Å². The van der Waals surface area contributed by atoms with Crippen LogP contribution in [0.3, 0.4) is 0 Å². The molecular formula is C24H29N7O4. The van der Waals surface area contributed by atoms with E-state index in [1.54, 1.807) is 18.2 Å². The summed E-state index contributed by atoms with van der Waals surface area (Å²) in [6.07, 6.45) is 4.03. The number of hydrogen-bond acceptors (Lipinski definition) is 9. The highest BCUT2D eigenvalue weighted by Gasteiger charge is 2.34. The molecule has 2 N–H and O–H groups in total. The Labute approximate surface area is 203 Å². The minimum atomic E-state index is -0.632. The van der Waals surface area contributed by atoms with Gasteiger partial charge in [0.25, 0.3) is 0 Å². The molecule has 2 amide bonds. The summed E-state index contributed by atoms with van der Waals surface area (Å²) in [6, 6.07) is 5.77.